The average Bonchev–Trinajstić information content (AvgIpc) is 2.53. The highest BCUT2D eigenvalue weighted by atomic mass is 16.3. The van der Waals surface area contributed by atoms with E-state index in [1.54, 1.807) is 0 Å². The number of nitrogens with zero attached hydrogens (tertiary/aromatic N) is 1. The molecular weight excluding hydrogens is 298 g/mol. The van der Waals surface area contributed by atoms with Gasteiger partial charge in [0, 0.05) is 42.3 Å². The van der Waals surface area contributed by atoms with E-state index in [1.165, 1.54) is 24.8 Å². The summed E-state index contributed by atoms with van der Waals surface area (Å²) in [5.74, 6) is 1.90. The van der Waals surface area contributed by atoms with Crippen molar-refractivity contribution in [3.05, 3.63) is 12.2 Å². The summed E-state index contributed by atoms with van der Waals surface area (Å²) in [4.78, 5) is 16.2. The third kappa shape index (κ3) is 0.991. The van der Waals surface area contributed by atoms with Crippen molar-refractivity contribution in [1.82, 2.24) is 4.90 Å². The van der Waals surface area contributed by atoms with E-state index in [0.717, 1.165) is 32.4 Å². The molecule has 24 heavy (non-hydrogen) atoms. The Morgan fingerprint density at radius 2 is 2.12 bits per heavy atom. The van der Waals surface area contributed by atoms with Crippen molar-refractivity contribution in [2.45, 2.75) is 57.1 Å². The van der Waals surface area contributed by atoms with Crippen LogP contribution in [0.25, 0.3) is 0 Å². The molecule has 3 nitrogen and oxygen atoms in total. The van der Waals surface area contributed by atoms with Crippen molar-refractivity contribution < 1.29 is 9.90 Å². The summed E-state index contributed by atoms with van der Waals surface area (Å²) in [6.45, 7) is 8.76. The quantitative estimate of drug-likeness (QED) is 0.695. The third-order valence-electron chi connectivity index (χ3n) is 10.1. The lowest BCUT2D eigenvalue weighted by molar-refractivity contribution is -0.301. The third-order valence-corrected chi connectivity index (χ3v) is 10.1. The van der Waals surface area contributed by atoms with Gasteiger partial charge in [0.25, 0.3) is 0 Å². The molecule has 2 spiro atoms. The average molecular weight is 325 g/mol. The van der Waals surface area contributed by atoms with Crippen LogP contribution < -0.4 is 0 Å². The van der Waals surface area contributed by atoms with Crippen LogP contribution in [0.4, 0.5) is 0 Å². The van der Waals surface area contributed by atoms with Crippen LogP contribution in [0.2, 0.25) is 0 Å². The van der Waals surface area contributed by atoms with E-state index in [-0.39, 0.29) is 28.1 Å². The second-order valence-electron chi connectivity index (χ2n) is 11.0. The number of aliphatic hydroxyl groups is 1. The van der Waals surface area contributed by atoms with Crippen molar-refractivity contribution in [1.29, 1.82) is 0 Å². The monoisotopic (exact) mass is 325 g/mol. The molecule has 9 aliphatic rings. The topological polar surface area (TPSA) is 40.5 Å². The van der Waals surface area contributed by atoms with Gasteiger partial charge in [-0.15, -0.1) is 0 Å². The van der Waals surface area contributed by atoms with Crippen LogP contribution in [-0.4, -0.2) is 40.5 Å². The molecule has 0 aromatic rings. The highest BCUT2D eigenvalue weighted by Crippen LogP contribution is 2.85. The molecule has 0 radical (unpaired) electrons. The summed E-state index contributed by atoms with van der Waals surface area (Å²) in [6.07, 6.45) is 6.62. The Labute approximate surface area is 143 Å². The lowest BCUT2D eigenvalue weighted by atomic mass is 9.35. The van der Waals surface area contributed by atoms with Crippen molar-refractivity contribution >= 4 is 5.78 Å². The fourth-order valence-electron chi connectivity index (χ4n) is 10.7. The van der Waals surface area contributed by atoms with Gasteiger partial charge in [0.15, 0.2) is 0 Å². The first-order chi connectivity index (χ1) is 11.4. The number of carbonyl (C=O) groups excluding carboxylic acids is 1. The first-order valence-electron chi connectivity index (χ1n) is 10.0. The van der Waals surface area contributed by atoms with Crippen LogP contribution in [0.3, 0.4) is 0 Å². The molecule has 1 unspecified atom stereocenters. The van der Waals surface area contributed by atoms with Crippen LogP contribution in [0.1, 0.15) is 45.4 Å². The minimum absolute atomic E-state index is 0.0518. The Hall–Kier alpha value is -0.670. The van der Waals surface area contributed by atoms with Crippen molar-refractivity contribution in [2.24, 2.45) is 39.9 Å². The molecule has 1 N–H and O–H groups in total. The smallest absolute Gasteiger partial charge is 0.144 e. The van der Waals surface area contributed by atoms with Gasteiger partial charge in [-0.3, -0.25) is 9.69 Å². The number of hydrogen-bond donors (Lipinski definition) is 1. The molecule has 0 aromatic heterocycles. The van der Waals surface area contributed by atoms with Crippen LogP contribution in [0.5, 0.6) is 0 Å². The molecule has 3 heteroatoms. The van der Waals surface area contributed by atoms with Gasteiger partial charge in [-0.2, -0.15) is 0 Å². The molecule has 3 aliphatic heterocycles. The van der Waals surface area contributed by atoms with Gasteiger partial charge in [0.05, 0.1) is 5.60 Å². The van der Waals surface area contributed by atoms with E-state index in [9.17, 15) is 9.90 Å². The molecule has 6 saturated carbocycles. The molecule has 3 saturated heterocycles. The van der Waals surface area contributed by atoms with E-state index in [1.807, 2.05) is 0 Å². The van der Waals surface area contributed by atoms with Gasteiger partial charge < -0.3 is 5.11 Å². The Morgan fingerprint density at radius 3 is 2.96 bits per heavy atom. The van der Waals surface area contributed by atoms with E-state index >= 15 is 0 Å². The number of carbonyl (C=O) groups is 1. The normalized spacial score (nSPS) is 70.4. The number of fused-ring (bicyclic) bond motifs is 1. The fourth-order valence-corrected chi connectivity index (χ4v) is 10.7. The molecule has 3 heterocycles. The van der Waals surface area contributed by atoms with Gasteiger partial charge in [-0.25, -0.2) is 0 Å². The van der Waals surface area contributed by atoms with Crippen LogP contribution in [0.15, 0.2) is 12.2 Å². The summed E-state index contributed by atoms with van der Waals surface area (Å²) in [7, 11) is 0. The zero-order valence-corrected chi connectivity index (χ0v) is 14.6. The standard InChI is InChI=1S/C21H27NO2/c1-11-7-19-8-20(24)10-22-9-18(2)4-3-5-21(17(18)20)15(19)14(23)12(11)6-13(19)16(21)22/h12-13,15-17,24H,1,3-10H2,2H3/t12-,13-,15-,16-,17+,18+,19+,20+,21+/m1/s1. The van der Waals surface area contributed by atoms with Gasteiger partial charge in [0.2, 0.25) is 0 Å². The maximum absolute atomic E-state index is 13.6. The van der Waals surface area contributed by atoms with Gasteiger partial charge in [0.1, 0.15) is 5.78 Å². The van der Waals surface area contributed by atoms with Crippen molar-refractivity contribution in [3.8, 4) is 0 Å². The number of ketones is 1. The van der Waals surface area contributed by atoms with Crippen molar-refractivity contribution in [3.63, 3.8) is 0 Å². The second-order valence-corrected chi connectivity index (χ2v) is 11.0. The predicted octanol–water partition coefficient (Wildman–Crippen LogP) is 2.39. The first kappa shape index (κ1) is 13.5. The number of piperidine rings is 3. The maximum Gasteiger partial charge on any atom is 0.144 e. The lowest BCUT2D eigenvalue weighted by Gasteiger charge is -2.75. The van der Waals surface area contributed by atoms with Crippen LogP contribution >= 0.6 is 0 Å². The minimum Gasteiger partial charge on any atom is -0.388 e. The van der Waals surface area contributed by atoms with E-state index in [0.29, 0.717) is 23.7 Å². The maximum atomic E-state index is 13.6. The SMILES string of the molecule is C=C1C[C@@]23C[C@]4(O)CN5C[C@]6(C)CCC[C@@]7([C@@H]2C(=O)[C@@H]1C[C@@H]3[C@@H]57)[C@@H]64. The summed E-state index contributed by atoms with van der Waals surface area (Å²) in [5.41, 5.74) is 0.997. The zero-order chi connectivity index (χ0) is 16.3. The number of allylic oxidation sites excluding steroid dienone is 1. The Bertz CT molecular complexity index is 746. The van der Waals surface area contributed by atoms with Crippen LogP contribution in [-0.2, 0) is 4.79 Å². The molecule has 0 amide bonds. The first-order valence-corrected chi connectivity index (χ1v) is 10.0. The summed E-state index contributed by atoms with van der Waals surface area (Å²) in [6, 6.07) is 0.575. The van der Waals surface area contributed by atoms with E-state index < -0.39 is 5.60 Å². The van der Waals surface area contributed by atoms with Crippen molar-refractivity contribution in [2.75, 3.05) is 13.1 Å². The number of rotatable bonds is 0. The highest BCUT2D eigenvalue weighted by molar-refractivity contribution is 5.91. The number of hydrogen-bond acceptors (Lipinski definition) is 3. The minimum atomic E-state index is -0.556. The molecule has 9 bridgehead atoms. The van der Waals surface area contributed by atoms with E-state index in [2.05, 4.69) is 18.4 Å². The van der Waals surface area contributed by atoms with Gasteiger partial charge >= 0.3 is 0 Å². The van der Waals surface area contributed by atoms with Gasteiger partial charge in [-0.05, 0) is 48.9 Å². The summed E-state index contributed by atoms with van der Waals surface area (Å²) in [5, 5.41) is 11.9. The molecule has 10 atom stereocenters. The molecule has 0 aromatic carbocycles. The Kier molecular flexibility index (Phi) is 1.87. The van der Waals surface area contributed by atoms with Gasteiger partial charge in [-0.1, -0.05) is 25.5 Å². The van der Waals surface area contributed by atoms with E-state index in [4.69, 9.17) is 0 Å². The lowest BCUT2D eigenvalue weighted by Crippen LogP contribution is -2.80. The predicted molar refractivity (Wildman–Crippen MR) is 89.1 cm³/mol. The largest absolute Gasteiger partial charge is 0.388 e. The Balaban J connectivity index is 1.59. The molecule has 9 fully saturated rings. The summed E-state index contributed by atoms with van der Waals surface area (Å²) < 4.78 is 0. The molecule has 9 rings (SSSR count). The fraction of sp³-hybridized carbons (Fsp3) is 0.857. The second kappa shape index (κ2) is 3.32. The molecule has 6 aliphatic carbocycles. The molecular formula is C21H27NO2. The summed E-state index contributed by atoms with van der Waals surface area (Å²) >= 11 is 0. The highest BCUT2D eigenvalue weighted by Gasteiger charge is 2.88. The zero-order valence-electron chi connectivity index (χ0n) is 14.6. The molecule has 128 valence electrons. The number of Topliss-reactive ketones (excluding diaryl/α,β-unsaturated/α-hetero) is 1. The Morgan fingerprint density at radius 1 is 1.29 bits per heavy atom. The van der Waals surface area contributed by atoms with Crippen LogP contribution in [0, 0.1) is 39.9 Å².